The van der Waals surface area contributed by atoms with Crippen molar-refractivity contribution in [3.63, 3.8) is 0 Å². The van der Waals surface area contributed by atoms with Gasteiger partial charge < -0.3 is 19.2 Å². The second kappa shape index (κ2) is 13.1. The lowest BCUT2D eigenvalue weighted by Gasteiger charge is -2.46. The summed E-state index contributed by atoms with van der Waals surface area (Å²) in [6.45, 7) is 8.10. The van der Waals surface area contributed by atoms with Gasteiger partial charge in [-0.15, -0.1) is 0 Å². The Morgan fingerprint density at radius 3 is 2.33 bits per heavy atom. The molecule has 2 aliphatic rings. The summed E-state index contributed by atoms with van der Waals surface area (Å²) in [4.78, 5) is 28.4. The van der Waals surface area contributed by atoms with Gasteiger partial charge in [-0.2, -0.15) is 5.10 Å². The number of nitrogens with zero attached hydrogens (tertiary/aromatic N) is 3. The third kappa shape index (κ3) is 5.93. The van der Waals surface area contributed by atoms with E-state index >= 15 is 4.39 Å². The number of hydrogen-bond donors (Lipinski definition) is 1. The minimum absolute atomic E-state index is 0.155. The summed E-state index contributed by atoms with van der Waals surface area (Å²) in [7, 11) is -3.34. The molecule has 0 amide bonds. The van der Waals surface area contributed by atoms with Crippen molar-refractivity contribution in [2.24, 2.45) is 11.8 Å². The summed E-state index contributed by atoms with van der Waals surface area (Å²) in [5, 5.41) is 6.77. The smallest absolute Gasteiger partial charge is 0.309 e. The van der Waals surface area contributed by atoms with E-state index < -0.39 is 13.4 Å². The molecule has 3 aromatic carbocycles. The Morgan fingerprint density at radius 2 is 1.71 bits per heavy atom. The fraction of sp³-hybridized carbons (Fsp3) is 0.444. The lowest BCUT2D eigenvalue weighted by atomic mass is 9.80. The number of carbonyl (C=O) groups excluding carboxylic acids is 1. The number of carbonyl (C=O) groups is 1. The van der Waals surface area contributed by atoms with E-state index in [-0.39, 0.29) is 29.9 Å². The fourth-order valence-electron chi connectivity index (χ4n) is 7.59. The molecule has 3 atom stereocenters. The highest BCUT2D eigenvalue weighted by Gasteiger charge is 2.52. The average Bonchev–Trinajstić information content (AvgIpc) is 3.46. The zero-order chi connectivity index (χ0) is 31.6. The first-order valence-corrected chi connectivity index (χ1v) is 18.2. The molecule has 2 saturated heterocycles. The van der Waals surface area contributed by atoms with E-state index in [2.05, 4.69) is 18.7 Å². The van der Waals surface area contributed by atoms with Gasteiger partial charge in [-0.3, -0.25) is 4.79 Å². The Labute approximate surface area is 266 Å². The van der Waals surface area contributed by atoms with E-state index in [0.717, 1.165) is 35.2 Å². The molecule has 0 spiro atoms. The van der Waals surface area contributed by atoms with Crippen molar-refractivity contribution in [2.45, 2.75) is 64.1 Å². The first kappa shape index (κ1) is 31.4. The van der Waals surface area contributed by atoms with Crippen molar-refractivity contribution < 1.29 is 23.5 Å². The molecule has 0 bridgehead atoms. The number of halogens is 1. The summed E-state index contributed by atoms with van der Waals surface area (Å²) in [5.74, 6) is -0.438. The number of ether oxygens (including phenoxy) is 2. The highest BCUT2D eigenvalue weighted by molar-refractivity contribution is 6.98. The van der Waals surface area contributed by atoms with Crippen LogP contribution in [0.3, 0.4) is 0 Å². The second-order valence-electron chi connectivity index (χ2n) is 13.1. The van der Waals surface area contributed by atoms with Gasteiger partial charge in [-0.25, -0.2) is 9.07 Å². The van der Waals surface area contributed by atoms with Gasteiger partial charge >= 0.3 is 5.97 Å². The SMILES string of the molecule is CCOC(=O)[C@@H]1CCN(c2nn(C3CCCCO3)c3cccc(F)c23)C[C@H]1CC(C)(C)[Si](O)(c1ccccc1)c1ccccc1. The van der Waals surface area contributed by atoms with E-state index in [1.807, 2.05) is 78.3 Å². The van der Waals surface area contributed by atoms with Gasteiger partial charge in [-0.1, -0.05) is 80.6 Å². The Kier molecular flexibility index (Phi) is 9.13. The number of esters is 1. The first-order chi connectivity index (χ1) is 21.7. The quantitative estimate of drug-likeness (QED) is 0.186. The lowest BCUT2D eigenvalue weighted by molar-refractivity contribution is -0.150. The maximum absolute atomic E-state index is 15.6. The van der Waals surface area contributed by atoms with E-state index in [4.69, 9.17) is 14.6 Å². The predicted molar refractivity (Wildman–Crippen MR) is 178 cm³/mol. The van der Waals surface area contributed by atoms with Gasteiger partial charge in [0.15, 0.2) is 12.0 Å². The molecule has 3 heterocycles. The van der Waals surface area contributed by atoms with Crippen LogP contribution in [0.15, 0.2) is 78.9 Å². The van der Waals surface area contributed by atoms with Crippen LogP contribution in [0.1, 0.15) is 59.1 Å². The molecule has 2 fully saturated rings. The van der Waals surface area contributed by atoms with Crippen LogP contribution in [0.25, 0.3) is 10.9 Å². The molecule has 6 rings (SSSR count). The van der Waals surface area contributed by atoms with Crippen molar-refractivity contribution >= 4 is 41.4 Å². The van der Waals surface area contributed by atoms with Gasteiger partial charge in [0.25, 0.3) is 8.32 Å². The molecule has 7 nitrogen and oxygen atoms in total. The normalized spacial score (nSPS) is 21.2. The largest absolute Gasteiger partial charge is 0.466 e. The van der Waals surface area contributed by atoms with E-state index in [0.29, 0.717) is 50.3 Å². The predicted octanol–water partition coefficient (Wildman–Crippen LogP) is 5.80. The zero-order valence-electron chi connectivity index (χ0n) is 26.5. The Bertz CT molecular complexity index is 1570. The maximum atomic E-state index is 15.6. The van der Waals surface area contributed by atoms with E-state index in [1.165, 1.54) is 6.07 Å². The Morgan fingerprint density at radius 1 is 1.02 bits per heavy atom. The number of aromatic nitrogens is 2. The highest BCUT2D eigenvalue weighted by atomic mass is 28.4. The van der Waals surface area contributed by atoms with Crippen LogP contribution in [0.2, 0.25) is 5.04 Å². The number of fused-ring (bicyclic) bond motifs is 1. The zero-order valence-corrected chi connectivity index (χ0v) is 27.5. The van der Waals surface area contributed by atoms with Crippen molar-refractivity contribution in [3.05, 3.63) is 84.7 Å². The molecule has 1 unspecified atom stereocenters. The standard InChI is InChI=1S/C36H44FN3O4Si/c1-4-43-35(41)29-21-22-39(34-33-30(37)18-13-19-31(33)40(38-34)32-20-11-12-23-44-32)25-26(29)24-36(2,3)45(42,27-14-7-5-8-15-27)28-16-9-6-10-17-28/h5-10,13-19,26,29,32,42H,4,11-12,20-25H2,1-3H3/t26-,29-,32?/m1/s1. The Balaban J connectivity index is 1.39. The topological polar surface area (TPSA) is 76.8 Å². The van der Waals surface area contributed by atoms with Crippen molar-refractivity contribution in [1.29, 1.82) is 0 Å². The molecular formula is C36H44FN3O4Si. The van der Waals surface area contributed by atoms with Crippen LogP contribution < -0.4 is 15.3 Å². The fourth-order valence-corrected chi connectivity index (χ4v) is 11.4. The van der Waals surface area contributed by atoms with E-state index in [9.17, 15) is 9.59 Å². The van der Waals surface area contributed by atoms with Gasteiger partial charge in [-0.05, 0) is 72.5 Å². The first-order valence-electron chi connectivity index (χ1n) is 16.3. The minimum atomic E-state index is -3.34. The monoisotopic (exact) mass is 629 g/mol. The molecule has 238 valence electrons. The molecule has 1 N–H and O–H groups in total. The highest BCUT2D eigenvalue weighted by Crippen LogP contribution is 2.46. The molecule has 1 aromatic heterocycles. The van der Waals surface area contributed by atoms with Gasteiger partial charge in [0.1, 0.15) is 5.82 Å². The molecule has 4 aromatic rings. The van der Waals surface area contributed by atoms with Crippen molar-refractivity contribution in [2.75, 3.05) is 31.2 Å². The number of hydrogen-bond acceptors (Lipinski definition) is 6. The van der Waals surface area contributed by atoms with Crippen LogP contribution >= 0.6 is 0 Å². The van der Waals surface area contributed by atoms with Crippen LogP contribution in [0.4, 0.5) is 10.2 Å². The summed E-state index contributed by atoms with van der Waals surface area (Å²) in [6, 6.07) is 25.0. The Hall–Kier alpha value is -3.53. The average molecular weight is 630 g/mol. The molecule has 2 aliphatic heterocycles. The summed E-state index contributed by atoms with van der Waals surface area (Å²) in [6.07, 6.45) is 3.77. The summed E-state index contributed by atoms with van der Waals surface area (Å²) >= 11 is 0. The number of benzene rings is 3. The van der Waals surface area contributed by atoms with Crippen molar-refractivity contribution in [1.82, 2.24) is 9.78 Å². The lowest BCUT2D eigenvalue weighted by Crippen LogP contribution is -2.66. The van der Waals surface area contributed by atoms with Crippen LogP contribution in [0.5, 0.6) is 0 Å². The summed E-state index contributed by atoms with van der Waals surface area (Å²) in [5.41, 5.74) is 0.719. The molecule has 45 heavy (non-hydrogen) atoms. The van der Waals surface area contributed by atoms with E-state index in [1.54, 1.807) is 6.07 Å². The third-order valence-electron chi connectivity index (χ3n) is 9.85. The molecule has 0 aliphatic carbocycles. The van der Waals surface area contributed by atoms with Gasteiger partial charge in [0.05, 0.1) is 23.4 Å². The molecule has 9 heteroatoms. The van der Waals surface area contributed by atoms with Crippen LogP contribution in [0, 0.1) is 17.7 Å². The number of piperidine rings is 1. The molecule has 0 saturated carbocycles. The van der Waals surface area contributed by atoms with Crippen LogP contribution in [-0.4, -0.2) is 55.2 Å². The number of rotatable bonds is 9. The van der Waals surface area contributed by atoms with Crippen LogP contribution in [-0.2, 0) is 14.3 Å². The number of anilines is 1. The molecule has 0 radical (unpaired) electrons. The van der Waals surface area contributed by atoms with Gasteiger partial charge in [0, 0.05) is 19.7 Å². The maximum Gasteiger partial charge on any atom is 0.309 e. The van der Waals surface area contributed by atoms with Crippen molar-refractivity contribution in [3.8, 4) is 0 Å². The third-order valence-corrected chi connectivity index (χ3v) is 14.4. The molecular weight excluding hydrogens is 585 g/mol. The second-order valence-corrected chi connectivity index (χ2v) is 17.0. The van der Waals surface area contributed by atoms with Gasteiger partial charge in [0.2, 0.25) is 0 Å². The summed E-state index contributed by atoms with van der Waals surface area (Å²) < 4.78 is 29.1. The minimum Gasteiger partial charge on any atom is -0.466 e.